The van der Waals surface area contributed by atoms with Gasteiger partial charge in [0.1, 0.15) is 29.3 Å². The van der Waals surface area contributed by atoms with Crippen LogP contribution in [0.15, 0.2) is 48.0 Å². The molecule has 0 saturated heterocycles. The van der Waals surface area contributed by atoms with Gasteiger partial charge in [-0.3, -0.25) is 14.9 Å². The van der Waals surface area contributed by atoms with Gasteiger partial charge >= 0.3 is 0 Å². The first-order valence-electron chi connectivity index (χ1n) is 11.5. The van der Waals surface area contributed by atoms with E-state index in [1.165, 1.54) is 30.6 Å². The highest BCUT2D eigenvalue weighted by molar-refractivity contribution is 7.16. The molecule has 37 heavy (non-hydrogen) atoms. The summed E-state index contributed by atoms with van der Waals surface area (Å²) in [6, 6.07) is 15.8. The maximum absolute atomic E-state index is 13.0. The lowest BCUT2D eigenvalue weighted by Crippen LogP contribution is -2.13. The van der Waals surface area contributed by atoms with Crippen molar-refractivity contribution in [3.05, 3.63) is 85.3 Å². The SMILES string of the molecule is COc1cc(/C=C(\C#N)C(=O)Nc2sc3c(c2C#N)CCCC3)c([N+](=O)[O-])cc1OCc1ccccc1. The molecule has 186 valence electrons. The highest BCUT2D eigenvalue weighted by atomic mass is 32.1. The lowest BCUT2D eigenvalue weighted by molar-refractivity contribution is -0.385. The molecule has 1 aliphatic carbocycles. The quantitative estimate of drug-likeness (QED) is 0.180. The van der Waals surface area contributed by atoms with E-state index < -0.39 is 10.8 Å². The Morgan fingerprint density at radius 1 is 1.19 bits per heavy atom. The first-order chi connectivity index (χ1) is 17.9. The molecule has 0 atom stereocenters. The molecule has 1 heterocycles. The van der Waals surface area contributed by atoms with Gasteiger partial charge in [-0.25, -0.2) is 0 Å². The normalized spacial score (nSPS) is 12.6. The van der Waals surface area contributed by atoms with Crippen molar-refractivity contribution in [2.45, 2.75) is 32.3 Å². The standard InChI is InChI=1S/C27H22N4O5S/c1-35-23-12-18(22(31(33)34)13-24(23)36-16-17-7-3-2-4-8-17)11-19(14-28)26(32)30-27-21(15-29)20-9-5-6-10-25(20)37-27/h2-4,7-8,11-13H,5-6,9-10,16H2,1H3,(H,30,32)/b19-11+. The number of nitrogens with zero attached hydrogens (tertiary/aromatic N) is 3. The third kappa shape index (κ3) is 5.61. The van der Waals surface area contributed by atoms with Crippen LogP contribution >= 0.6 is 11.3 Å². The van der Waals surface area contributed by atoms with E-state index in [0.29, 0.717) is 10.6 Å². The maximum Gasteiger partial charge on any atom is 0.280 e. The van der Waals surface area contributed by atoms with Gasteiger partial charge in [-0.2, -0.15) is 10.5 Å². The van der Waals surface area contributed by atoms with E-state index >= 15 is 0 Å². The van der Waals surface area contributed by atoms with Crippen LogP contribution in [0, 0.1) is 32.8 Å². The number of nitro groups is 1. The highest BCUT2D eigenvalue weighted by Gasteiger charge is 2.24. The molecule has 3 aromatic rings. The second kappa shape index (κ2) is 11.4. The van der Waals surface area contributed by atoms with Crippen molar-refractivity contribution >= 4 is 34.0 Å². The molecule has 10 heteroatoms. The molecule has 0 fully saturated rings. The fraction of sp³-hybridized carbons (Fsp3) is 0.222. The third-order valence-corrected chi connectivity index (χ3v) is 7.13. The molecule has 1 amide bonds. The number of amides is 1. The van der Waals surface area contributed by atoms with Crippen molar-refractivity contribution in [3.8, 4) is 23.6 Å². The van der Waals surface area contributed by atoms with Gasteiger partial charge in [0.05, 0.1) is 29.2 Å². The van der Waals surface area contributed by atoms with Crippen LogP contribution in [-0.4, -0.2) is 17.9 Å². The van der Waals surface area contributed by atoms with Crippen LogP contribution in [0.5, 0.6) is 11.5 Å². The third-order valence-electron chi connectivity index (χ3n) is 5.92. The van der Waals surface area contributed by atoms with E-state index in [-0.39, 0.29) is 34.9 Å². The van der Waals surface area contributed by atoms with Crippen molar-refractivity contribution < 1.29 is 19.2 Å². The summed E-state index contributed by atoms with van der Waals surface area (Å²) in [6.45, 7) is 0.168. The number of nitriles is 2. The molecule has 1 N–H and O–H groups in total. The van der Waals surface area contributed by atoms with E-state index in [4.69, 9.17) is 9.47 Å². The molecule has 1 aromatic heterocycles. The minimum absolute atomic E-state index is 0.00610. The van der Waals surface area contributed by atoms with Crippen LogP contribution < -0.4 is 14.8 Å². The van der Waals surface area contributed by atoms with Crippen LogP contribution in [0.25, 0.3) is 6.08 Å². The molecular weight excluding hydrogens is 492 g/mol. The minimum atomic E-state index is -0.754. The Labute approximate surface area is 217 Å². The summed E-state index contributed by atoms with van der Waals surface area (Å²) >= 11 is 1.33. The number of methoxy groups -OCH3 is 1. The molecule has 0 aliphatic heterocycles. The number of ether oxygens (including phenoxy) is 2. The molecule has 4 rings (SSSR count). The van der Waals surface area contributed by atoms with Crippen LogP contribution in [0.2, 0.25) is 0 Å². The van der Waals surface area contributed by atoms with Gasteiger partial charge in [0.2, 0.25) is 0 Å². The second-order valence-corrected chi connectivity index (χ2v) is 9.35. The smallest absolute Gasteiger partial charge is 0.280 e. The number of rotatable bonds is 8. The zero-order valence-electron chi connectivity index (χ0n) is 19.9. The monoisotopic (exact) mass is 514 g/mol. The van der Waals surface area contributed by atoms with Crippen molar-refractivity contribution in [1.82, 2.24) is 0 Å². The van der Waals surface area contributed by atoms with Gasteiger partial charge in [-0.15, -0.1) is 11.3 Å². The molecule has 0 unspecified atom stereocenters. The largest absolute Gasteiger partial charge is 0.493 e. The van der Waals surface area contributed by atoms with E-state index in [1.54, 1.807) is 0 Å². The van der Waals surface area contributed by atoms with E-state index in [2.05, 4.69) is 11.4 Å². The fourth-order valence-electron chi connectivity index (χ4n) is 4.09. The number of nitrogens with one attached hydrogen (secondary N) is 1. The number of hydrogen-bond donors (Lipinski definition) is 1. The number of fused-ring (bicyclic) bond motifs is 1. The molecule has 0 radical (unpaired) electrons. The number of thiophene rings is 1. The van der Waals surface area contributed by atoms with Gasteiger partial charge in [0, 0.05) is 4.88 Å². The Kier molecular flexibility index (Phi) is 7.82. The van der Waals surface area contributed by atoms with E-state index in [1.807, 2.05) is 36.4 Å². The number of carbonyl (C=O) groups is 1. The predicted molar refractivity (Wildman–Crippen MR) is 138 cm³/mol. The molecule has 2 aromatic carbocycles. The first kappa shape index (κ1) is 25.4. The Hall–Kier alpha value is -4.67. The summed E-state index contributed by atoms with van der Waals surface area (Å²) in [6.07, 6.45) is 4.75. The number of nitro benzene ring substituents is 1. The average molecular weight is 515 g/mol. The maximum atomic E-state index is 13.0. The summed E-state index contributed by atoms with van der Waals surface area (Å²) in [5, 5.41) is 34.2. The Balaban J connectivity index is 1.64. The predicted octanol–water partition coefficient (Wildman–Crippen LogP) is 5.54. The Morgan fingerprint density at radius 3 is 2.62 bits per heavy atom. The number of anilines is 1. The summed E-state index contributed by atoms with van der Waals surface area (Å²) in [4.78, 5) is 25.2. The second-order valence-electron chi connectivity index (χ2n) is 8.24. The van der Waals surface area contributed by atoms with Crippen molar-refractivity contribution in [1.29, 1.82) is 10.5 Å². The number of hydrogen-bond acceptors (Lipinski definition) is 8. The minimum Gasteiger partial charge on any atom is -0.493 e. The van der Waals surface area contributed by atoms with Crippen molar-refractivity contribution in [2.24, 2.45) is 0 Å². The average Bonchev–Trinajstić information content (AvgIpc) is 3.27. The van der Waals surface area contributed by atoms with Gasteiger partial charge in [0.25, 0.3) is 11.6 Å². The molecule has 1 aliphatic rings. The molecule has 0 saturated carbocycles. The zero-order valence-corrected chi connectivity index (χ0v) is 20.8. The lowest BCUT2D eigenvalue weighted by Gasteiger charge is -2.12. The van der Waals surface area contributed by atoms with Gasteiger partial charge < -0.3 is 14.8 Å². The summed E-state index contributed by atoms with van der Waals surface area (Å²) < 4.78 is 11.1. The molecular formula is C27H22N4O5S. The van der Waals surface area contributed by atoms with Crippen LogP contribution in [0.4, 0.5) is 10.7 Å². The number of carbonyl (C=O) groups excluding carboxylic acids is 1. The number of benzene rings is 2. The van der Waals surface area contributed by atoms with E-state index in [0.717, 1.165) is 47.8 Å². The van der Waals surface area contributed by atoms with Gasteiger partial charge in [-0.05, 0) is 49.0 Å². The topological polar surface area (TPSA) is 138 Å². The summed E-state index contributed by atoms with van der Waals surface area (Å²) in [7, 11) is 1.39. The van der Waals surface area contributed by atoms with Crippen LogP contribution in [0.1, 0.15) is 40.0 Å². The lowest BCUT2D eigenvalue weighted by atomic mass is 9.96. The van der Waals surface area contributed by atoms with Crippen molar-refractivity contribution in [3.63, 3.8) is 0 Å². The van der Waals surface area contributed by atoms with Gasteiger partial charge in [0.15, 0.2) is 11.5 Å². The fourth-order valence-corrected chi connectivity index (χ4v) is 5.33. The summed E-state index contributed by atoms with van der Waals surface area (Å²) in [5.41, 5.74) is 1.53. The Morgan fingerprint density at radius 2 is 1.95 bits per heavy atom. The van der Waals surface area contributed by atoms with Gasteiger partial charge in [-0.1, -0.05) is 30.3 Å². The zero-order chi connectivity index (χ0) is 26.4. The van der Waals surface area contributed by atoms with Crippen LogP contribution in [0.3, 0.4) is 0 Å². The number of aryl methyl sites for hydroxylation is 1. The van der Waals surface area contributed by atoms with E-state index in [9.17, 15) is 25.4 Å². The molecule has 0 spiro atoms. The highest BCUT2D eigenvalue weighted by Crippen LogP contribution is 2.39. The van der Waals surface area contributed by atoms with Crippen molar-refractivity contribution in [2.75, 3.05) is 12.4 Å². The molecule has 0 bridgehead atoms. The molecule has 9 nitrogen and oxygen atoms in total. The Bertz CT molecular complexity index is 1460. The first-order valence-corrected chi connectivity index (χ1v) is 12.3. The van der Waals surface area contributed by atoms with Crippen LogP contribution in [-0.2, 0) is 24.2 Å². The summed E-state index contributed by atoms with van der Waals surface area (Å²) in [5.74, 6) is -0.389.